The van der Waals surface area contributed by atoms with Gasteiger partial charge in [-0.25, -0.2) is 4.98 Å². The van der Waals surface area contributed by atoms with E-state index in [0.29, 0.717) is 6.04 Å². The Balaban J connectivity index is 1.81. The van der Waals surface area contributed by atoms with Gasteiger partial charge in [0.25, 0.3) is 0 Å². The summed E-state index contributed by atoms with van der Waals surface area (Å²) in [4.78, 5) is 4.29. The molecule has 1 aliphatic rings. The van der Waals surface area contributed by atoms with Gasteiger partial charge < -0.3 is 14.5 Å². The Kier molecular flexibility index (Phi) is 3.92. The zero-order chi connectivity index (χ0) is 13.9. The molecule has 0 radical (unpaired) electrons. The van der Waals surface area contributed by atoms with Gasteiger partial charge in [-0.05, 0) is 43.9 Å². The third-order valence-electron chi connectivity index (χ3n) is 4.27. The van der Waals surface area contributed by atoms with E-state index in [1.807, 2.05) is 12.5 Å². The lowest BCUT2D eigenvalue weighted by Crippen LogP contribution is -2.20. The molecule has 2 aromatic heterocycles. The van der Waals surface area contributed by atoms with Crippen molar-refractivity contribution >= 4 is 0 Å². The molecule has 3 rings (SSSR count). The quantitative estimate of drug-likeness (QED) is 0.908. The Morgan fingerprint density at radius 2 is 2.30 bits per heavy atom. The van der Waals surface area contributed by atoms with Crippen molar-refractivity contribution in [3.63, 3.8) is 0 Å². The molecule has 0 aliphatic heterocycles. The normalized spacial score (nSPS) is 18.2. The second-order valence-corrected chi connectivity index (χ2v) is 5.72. The largest absolute Gasteiger partial charge is 0.348 e. The first-order chi connectivity index (χ1) is 9.81. The number of nitrogens with one attached hydrogen (secondary N) is 1. The SMILES string of the molecule is CCCn1cncc1Cn1cc2c(c1)C(NC)CCC2. The number of nitrogens with zero attached hydrogens (tertiary/aromatic N) is 3. The molecule has 0 bridgehead atoms. The second-order valence-electron chi connectivity index (χ2n) is 5.72. The van der Waals surface area contributed by atoms with Crippen molar-refractivity contribution in [2.24, 2.45) is 0 Å². The van der Waals surface area contributed by atoms with Gasteiger partial charge in [-0.15, -0.1) is 0 Å². The van der Waals surface area contributed by atoms with E-state index in [2.05, 4.69) is 45.8 Å². The van der Waals surface area contributed by atoms with Gasteiger partial charge in [-0.1, -0.05) is 6.92 Å². The predicted octanol–water partition coefficient (Wildman–Crippen LogP) is 2.74. The molecule has 2 heterocycles. The highest BCUT2D eigenvalue weighted by Gasteiger charge is 2.20. The van der Waals surface area contributed by atoms with Crippen molar-refractivity contribution in [2.75, 3.05) is 7.05 Å². The molecule has 4 nitrogen and oxygen atoms in total. The van der Waals surface area contributed by atoms with E-state index in [9.17, 15) is 0 Å². The van der Waals surface area contributed by atoms with Crippen molar-refractivity contribution in [2.45, 2.75) is 51.7 Å². The van der Waals surface area contributed by atoms with Crippen LogP contribution in [0.25, 0.3) is 0 Å². The number of imidazole rings is 1. The second kappa shape index (κ2) is 5.83. The highest BCUT2D eigenvalue weighted by molar-refractivity contribution is 5.30. The van der Waals surface area contributed by atoms with E-state index in [1.165, 1.54) is 36.1 Å². The number of hydrogen-bond acceptors (Lipinski definition) is 2. The summed E-state index contributed by atoms with van der Waals surface area (Å²) in [6.07, 6.45) is 13.5. The summed E-state index contributed by atoms with van der Waals surface area (Å²) in [5, 5.41) is 3.43. The third kappa shape index (κ3) is 2.52. The Morgan fingerprint density at radius 1 is 1.40 bits per heavy atom. The molecular weight excluding hydrogens is 248 g/mol. The fourth-order valence-corrected chi connectivity index (χ4v) is 3.25. The highest BCUT2D eigenvalue weighted by atomic mass is 15.1. The molecule has 0 spiro atoms. The lowest BCUT2D eigenvalue weighted by Gasteiger charge is -2.21. The standard InChI is InChI=1S/C16H24N4/c1-3-7-20-12-18-8-14(20)10-19-9-13-5-4-6-16(17-2)15(13)11-19/h8-9,11-12,16-17H,3-7,10H2,1-2H3. The molecule has 4 heteroatoms. The van der Waals surface area contributed by atoms with Crippen molar-refractivity contribution in [1.82, 2.24) is 19.4 Å². The van der Waals surface area contributed by atoms with Crippen LogP contribution in [0.2, 0.25) is 0 Å². The first-order valence-electron chi connectivity index (χ1n) is 7.66. The van der Waals surface area contributed by atoms with Crippen LogP contribution in [0, 0.1) is 0 Å². The van der Waals surface area contributed by atoms with Crippen LogP contribution in [0.15, 0.2) is 24.9 Å². The highest BCUT2D eigenvalue weighted by Crippen LogP contribution is 2.30. The van der Waals surface area contributed by atoms with E-state index in [-0.39, 0.29) is 0 Å². The molecule has 2 aromatic rings. The average molecular weight is 272 g/mol. The van der Waals surface area contributed by atoms with Gasteiger partial charge in [0, 0.05) is 31.2 Å². The fourth-order valence-electron chi connectivity index (χ4n) is 3.25. The van der Waals surface area contributed by atoms with Gasteiger partial charge in [-0.2, -0.15) is 0 Å². The summed E-state index contributed by atoms with van der Waals surface area (Å²) in [5.41, 5.74) is 4.29. The van der Waals surface area contributed by atoms with Gasteiger partial charge in [0.2, 0.25) is 0 Å². The molecule has 20 heavy (non-hydrogen) atoms. The number of fused-ring (bicyclic) bond motifs is 1. The lowest BCUT2D eigenvalue weighted by atomic mass is 9.91. The van der Waals surface area contributed by atoms with Gasteiger partial charge >= 0.3 is 0 Å². The average Bonchev–Trinajstić information content (AvgIpc) is 3.06. The van der Waals surface area contributed by atoms with E-state index < -0.39 is 0 Å². The van der Waals surface area contributed by atoms with Crippen LogP contribution in [-0.2, 0) is 19.5 Å². The van der Waals surface area contributed by atoms with Crippen LogP contribution in [0.3, 0.4) is 0 Å². The van der Waals surface area contributed by atoms with Gasteiger partial charge in [-0.3, -0.25) is 0 Å². The maximum atomic E-state index is 4.29. The molecule has 1 aliphatic carbocycles. The van der Waals surface area contributed by atoms with E-state index >= 15 is 0 Å². The van der Waals surface area contributed by atoms with Crippen LogP contribution < -0.4 is 5.32 Å². The van der Waals surface area contributed by atoms with E-state index in [4.69, 9.17) is 0 Å². The Hall–Kier alpha value is -1.55. The number of aromatic nitrogens is 3. The molecule has 0 aromatic carbocycles. The summed E-state index contributed by atoms with van der Waals surface area (Å²) < 4.78 is 4.58. The van der Waals surface area contributed by atoms with Crippen LogP contribution >= 0.6 is 0 Å². The van der Waals surface area contributed by atoms with E-state index in [1.54, 1.807) is 0 Å². The molecule has 0 amide bonds. The van der Waals surface area contributed by atoms with Crippen LogP contribution in [0.5, 0.6) is 0 Å². The first-order valence-corrected chi connectivity index (χ1v) is 7.66. The first kappa shape index (κ1) is 13.4. The van der Waals surface area contributed by atoms with E-state index in [0.717, 1.165) is 19.5 Å². The van der Waals surface area contributed by atoms with Gasteiger partial charge in [0.15, 0.2) is 0 Å². The number of rotatable bonds is 5. The summed E-state index contributed by atoms with van der Waals surface area (Å²) in [6, 6.07) is 0.528. The molecule has 108 valence electrons. The monoisotopic (exact) mass is 272 g/mol. The van der Waals surface area contributed by atoms with Crippen LogP contribution in [0.1, 0.15) is 49.0 Å². The minimum atomic E-state index is 0.528. The number of aryl methyl sites for hydroxylation is 2. The maximum absolute atomic E-state index is 4.29. The predicted molar refractivity (Wildman–Crippen MR) is 80.8 cm³/mol. The molecular formula is C16H24N4. The third-order valence-corrected chi connectivity index (χ3v) is 4.27. The summed E-state index contributed by atoms with van der Waals surface area (Å²) in [5.74, 6) is 0. The van der Waals surface area contributed by atoms with Crippen molar-refractivity contribution in [3.05, 3.63) is 41.7 Å². The minimum absolute atomic E-state index is 0.528. The van der Waals surface area contributed by atoms with Crippen LogP contribution in [0.4, 0.5) is 0 Å². The Bertz CT molecular complexity index is 567. The summed E-state index contributed by atoms with van der Waals surface area (Å²) >= 11 is 0. The molecule has 1 atom stereocenters. The summed E-state index contributed by atoms with van der Waals surface area (Å²) in [6.45, 7) is 4.18. The zero-order valence-electron chi connectivity index (χ0n) is 12.5. The maximum Gasteiger partial charge on any atom is 0.0948 e. The zero-order valence-corrected chi connectivity index (χ0v) is 12.5. The van der Waals surface area contributed by atoms with Crippen molar-refractivity contribution in [1.29, 1.82) is 0 Å². The van der Waals surface area contributed by atoms with Crippen molar-refractivity contribution in [3.8, 4) is 0 Å². The topological polar surface area (TPSA) is 34.8 Å². The van der Waals surface area contributed by atoms with Crippen molar-refractivity contribution < 1.29 is 0 Å². The molecule has 0 fully saturated rings. The fraction of sp³-hybridized carbons (Fsp3) is 0.562. The minimum Gasteiger partial charge on any atom is -0.348 e. The van der Waals surface area contributed by atoms with Gasteiger partial charge in [0.1, 0.15) is 0 Å². The summed E-state index contributed by atoms with van der Waals surface area (Å²) in [7, 11) is 2.06. The molecule has 0 saturated heterocycles. The Morgan fingerprint density at radius 3 is 3.10 bits per heavy atom. The smallest absolute Gasteiger partial charge is 0.0948 e. The molecule has 1 N–H and O–H groups in total. The molecule has 1 unspecified atom stereocenters. The van der Waals surface area contributed by atoms with Gasteiger partial charge in [0.05, 0.1) is 18.6 Å². The Labute approximate surface area is 120 Å². The number of hydrogen-bond donors (Lipinski definition) is 1. The lowest BCUT2D eigenvalue weighted by molar-refractivity contribution is 0.498. The molecule has 0 saturated carbocycles. The van der Waals surface area contributed by atoms with Crippen LogP contribution in [-0.4, -0.2) is 21.2 Å².